The van der Waals surface area contributed by atoms with E-state index in [1.165, 1.54) is 0 Å². The van der Waals surface area contributed by atoms with Crippen LogP contribution in [-0.4, -0.2) is 19.2 Å². The van der Waals surface area contributed by atoms with Crippen LogP contribution in [0.25, 0.3) is 0 Å². The Morgan fingerprint density at radius 2 is 1.95 bits per heavy atom. The molecule has 2 N–H and O–H groups in total. The van der Waals surface area contributed by atoms with Crippen molar-refractivity contribution in [2.75, 3.05) is 13.2 Å². The molecule has 0 atom stereocenters. The molecule has 0 saturated carbocycles. The predicted octanol–water partition coefficient (Wildman–Crippen LogP) is 2.52. The van der Waals surface area contributed by atoms with Gasteiger partial charge in [0.15, 0.2) is 5.75 Å². The molecule has 0 heterocycles. The predicted molar refractivity (Wildman–Crippen MR) is 83.4 cm³/mol. The molecule has 0 amide bonds. The van der Waals surface area contributed by atoms with Crippen molar-refractivity contribution in [1.82, 2.24) is 0 Å². The third-order valence-corrected chi connectivity index (χ3v) is 3.13. The largest absolute Gasteiger partial charge is 0.422 e. The quantitative estimate of drug-likeness (QED) is 0.266. The van der Waals surface area contributed by atoms with Crippen molar-refractivity contribution < 1.29 is 19.0 Å². The van der Waals surface area contributed by atoms with Crippen LogP contribution in [0.1, 0.15) is 25.0 Å². The van der Waals surface area contributed by atoms with Gasteiger partial charge in [-0.25, -0.2) is 4.79 Å². The monoisotopic (exact) mass is 311 g/mol. The SMILES string of the molecule is C=CC(=O)Oc1c(S)ccc(C)c1C(N)(OCC)OCC. The summed E-state index contributed by atoms with van der Waals surface area (Å²) in [5.74, 6) is -1.90. The number of carbonyl (C=O) groups excluding carboxylic acids is 1. The summed E-state index contributed by atoms with van der Waals surface area (Å²) in [7, 11) is 0. The molecule has 116 valence electrons. The summed E-state index contributed by atoms with van der Waals surface area (Å²) in [6.07, 6.45) is 1.07. The van der Waals surface area contributed by atoms with Gasteiger partial charge in [0.05, 0.1) is 5.56 Å². The van der Waals surface area contributed by atoms with E-state index in [0.29, 0.717) is 23.7 Å². The molecule has 6 heteroatoms. The summed E-state index contributed by atoms with van der Waals surface area (Å²) in [5.41, 5.74) is 7.44. The van der Waals surface area contributed by atoms with Crippen LogP contribution in [0.5, 0.6) is 5.75 Å². The molecule has 0 aliphatic heterocycles. The zero-order chi connectivity index (χ0) is 16.0. The highest BCUT2D eigenvalue weighted by Crippen LogP contribution is 2.38. The van der Waals surface area contributed by atoms with E-state index in [1.807, 2.05) is 13.0 Å². The van der Waals surface area contributed by atoms with E-state index in [2.05, 4.69) is 19.2 Å². The molecule has 1 rings (SSSR count). The van der Waals surface area contributed by atoms with E-state index < -0.39 is 11.9 Å². The fourth-order valence-electron chi connectivity index (χ4n) is 1.96. The second kappa shape index (κ2) is 7.61. The minimum absolute atomic E-state index is 0.215. The van der Waals surface area contributed by atoms with Crippen molar-refractivity contribution in [3.63, 3.8) is 0 Å². The molecule has 1 aromatic rings. The first-order chi connectivity index (χ1) is 9.89. The van der Waals surface area contributed by atoms with Crippen LogP contribution in [0.3, 0.4) is 0 Å². The van der Waals surface area contributed by atoms with Gasteiger partial charge in [-0.3, -0.25) is 5.73 Å². The molecule has 5 nitrogen and oxygen atoms in total. The van der Waals surface area contributed by atoms with Gasteiger partial charge in [-0.1, -0.05) is 12.6 Å². The lowest BCUT2D eigenvalue weighted by atomic mass is 10.0. The Morgan fingerprint density at radius 3 is 2.43 bits per heavy atom. The summed E-state index contributed by atoms with van der Waals surface area (Å²) in [6, 6.07) is 3.52. The second-order valence-corrected chi connectivity index (χ2v) is 4.75. The molecular formula is C15H21NO4S. The van der Waals surface area contributed by atoms with E-state index >= 15 is 0 Å². The molecule has 21 heavy (non-hydrogen) atoms. The third kappa shape index (κ3) is 4.07. The van der Waals surface area contributed by atoms with Crippen LogP contribution in [0.15, 0.2) is 29.7 Å². The van der Waals surface area contributed by atoms with Gasteiger partial charge in [0, 0.05) is 24.2 Å². The number of carbonyl (C=O) groups is 1. The molecule has 0 aromatic heterocycles. The van der Waals surface area contributed by atoms with E-state index in [0.717, 1.165) is 11.6 Å². The van der Waals surface area contributed by atoms with Crippen molar-refractivity contribution in [1.29, 1.82) is 0 Å². The minimum Gasteiger partial charge on any atom is -0.422 e. The smallest absolute Gasteiger partial charge is 0.335 e. The van der Waals surface area contributed by atoms with Crippen molar-refractivity contribution >= 4 is 18.6 Å². The lowest BCUT2D eigenvalue weighted by Crippen LogP contribution is -2.43. The van der Waals surface area contributed by atoms with Crippen LogP contribution in [0, 0.1) is 6.92 Å². The number of aryl methyl sites for hydroxylation is 1. The Balaban J connectivity index is 3.46. The first-order valence-corrected chi connectivity index (χ1v) is 7.08. The Kier molecular flexibility index (Phi) is 6.42. The summed E-state index contributed by atoms with van der Waals surface area (Å²) >= 11 is 4.32. The van der Waals surface area contributed by atoms with Gasteiger partial charge < -0.3 is 14.2 Å². The van der Waals surface area contributed by atoms with E-state index in [1.54, 1.807) is 19.9 Å². The van der Waals surface area contributed by atoms with Gasteiger partial charge in [-0.05, 0) is 32.4 Å². The van der Waals surface area contributed by atoms with E-state index in [-0.39, 0.29) is 5.75 Å². The van der Waals surface area contributed by atoms with Crippen LogP contribution in [-0.2, 0) is 20.2 Å². The van der Waals surface area contributed by atoms with Crippen molar-refractivity contribution in [2.24, 2.45) is 5.73 Å². The standard InChI is InChI=1S/C15H21NO4S/c1-5-12(17)20-14-11(21)9-8-10(4)13(14)15(16,18-6-2)19-7-3/h5,8-9,21H,1,6-7,16H2,2-4H3. The Hall–Kier alpha value is -1.34. The Morgan fingerprint density at radius 1 is 1.38 bits per heavy atom. The van der Waals surface area contributed by atoms with Crippen molar-refractivity contribution in [2.45, 2.75) is 31.6 Å². The number of ether oxygens (including phenoxy) is 3. The van der Waals surface area contributed by atoms with Gasteiger partial charge in [0.25, 0.3) is 5.91 Å². The third-order valence-electron chi connectivity index (χ3n) is 2.78. The lowest BCUT2D eigenvalue weighted by Gasteiger charge is -2.32. The fourth-order valence-corrected chi connectivity index (χ4v) is 2.20. The maximum Gasteiger partial charge on any atom is 0.335 e. The van der Waals surface area contributed by atoms with Crippen LogP contribution < -0.4 is 10.5 Å². The average Bonchev–Trinajstić information content (AvgIpc) is 2.43. The minimum atomic E-state index is -1.51. The molecule has 0 radical (unpaired) electrons. The number of rotatable bonds is 7. The number of nitrogens with two attached hydrogens (primary N) is 1. The highest BCUT2D eigenvalue weighted by Gasteiger charge is 2.35. The number of thiol groups is 1. The van der Waals surface area contributed by atoms with Gasteiger partial charge in [-0.2, -0.15) is 0 Å². The molecule has 0 unspecified atom stereocenters. The average molecular weight is 311 g/mol. The van der Waals surface area contributed by atoms with Crippen LogP contribution >= 0.6 is 12.6 Å². The molecule has 0 aliphatic carbocycles. The Bertz CT molecular complexity index is 525. The molecule has 1 aromatic carbocycles. The molecule has 0 aliphatic rings. The highest BCUT2D eigenvalue weighted by molar-refractivity contribution is 7.80. The molecule has 0 spiro atoms. The summed E-state index contributed by atoms with van der Waals surface area (Å²) in [4.78, 5) is 12.0. The summed E-state index contributed by atoms with van der Waals surface area (Å²) in [5, 5.41) is 0. The van der Waals surface area contributed by atoms with Crippen molar-refractivity contribution in [3.8, 4) is 5.75 Å². The summed E-state index contributed by atoms with van der Waals surface area (Å²) in [6.45, 7) is 9.48. The van der Waals surface area contributed by atoms with E-state index in [9.17, 15) is 4.79 Å². The van der Waals surface area contributed by atoms with Crippen LogP contribution in [0.2, 0.25) is 0 Å². The maximum atomic E-state index is 11.5. The topological polar surface area (TPSA) is 70.8 Å². The zero-order valence-corrected chi connectivity index (χ0v) is 13.4. The zero-order valence-electron chi connectivity index (χ0n) is 12.5. The van der Waals surface area contributed by atoms with E-state index in [4.69, 9.17) is 19.9 Å². The fraction of sp³-hybridized carbons (Fsp3) is 0.400. The maximum absolute atomic E-state index is 11.5. The lowest BCUT2D eigenvalue weighted by molar-refractivity contribution is -0.239. The van der Waals surface area contributed by atoms with Crippen molar-refractivity contribution in [3.05, 3.63) is 35.9 Å². The number of benzene rings is 1. The highest BCUT2D eigenvalue weighted by atomic mass is 32.1. The normalized spacial score (nSPS) is 11.3. The number of hydrogen-bond donors (Lipinski definition) is 2. The second-order valence-electron chi connectivity index (χ2n) is 4.26. The van der Waals surface area contributed by atoms with Crippen LogP contribution in [0.4, 0.5) is 0 Å². The molecule has 0 fully saturated rings. The molecule has 0 saturated heterocycles. The summed E-state index contributed by atoms with van der Waals surface area (Å²) < 4.78 is 16.4. The first-order valence-electron chi connectivity index (χ1n) is 6.63. The van der Waals surface area contributed by atoms with Gasteiger partial charge in [0.1, 0.15) is 0 Å². The first kappa shape index (κ1) is 17.7. The van der Waals surface area contributed by atoms with Gasteiger partial charge in [-0.15, -0.1) is 12.6 Å². The number of hydrogen-bond acceptors (Lipinski definition) is 6. The molecule has 0 bridgehead atoms. The number of esters is 1. The van der Waals surface area contributed by atoms with Gasteiger partial charge in [0.2, 0.25) is 0 Å². The Labute approximate surface area is 130 Å². The molecular weight excluding hydrogens is 290 g/mol. The van der Waals surface area contributed by atoms with Gasteiger partial charge >= 0.3 is 5.97 Å².